The van der Waals surface area contributed by atoms with Crippen LogP contribution < -0.4 is 73.0 Å². The predicted octanol–water partition coefficient (Wildman–Crippen LogP) is -1.08. The van der Waals surface area contributed by atoms with Gasteiger partial charge in [-0.15, -0.1) is 0 Å². The molecule has 7 heteroatoms. The van der Waals surface area contributed by atoms with Crippen molar-refractivity contribution in [3.63, 3.8) is 0 Å². The molecule has 0 saturated carbocycles. The van der Waals surface area contributed by atoms with E-state index in [0.29, 0.717) is 0 Å². The summed E-state index contributed by atoms with van der Waals surface area (Å²) in [5.74, 6) is 0. The first-order chi connectivity index (χ1) is 20.2. The Morgan fingerprint density at radius 3 is 1.46 bits per heavy atom. The van der Waals surface area contributed by atoms with Crippen molar-refractivity contribution in [1.82, 2.24) is 9.06 Å². The molecule has 6 aromatic carbocycles. The second kappa shape index (κ2) is 9.94. The Kier molecular flexibility index (Phi) is 6.14. The van der Waals surface area contributed by atoms with Crippen molar-refractivity contribution >= 4 is 76.2 Å². The van der Waals surface area contributed by atoms with Crippen LogP contribution in [0.4, 0.5) is 0 Å². The Hall–Kier alpha value is -2.19. The summed E-state index contributed by atoms with van der Waals surface area (Å²) in [6.45, 7) is 2.28. The van der Waals surface area contributed by atoms with Gasteiger partial charge in [-0.3, -0.25) is 0 Å². The van der Waals surface area contributed by atoms with Gasteiger partial charge in [0, 0.05) is 0 Å². The Morgan fingerprint density at radius 2 is 1.02 bits per heavy atom. The number of benzene rings is 6. The molecular weight excluding hydrogens is 849 g/mol. The molecule has 1 aliphatic heterocycles. The van der Waals surface area contributed by atoms with Gasteiger partial charge in [0.15, 0.2) is 0 Å². The summed E-state index contributed by atoms with van der Waals surface area (Å²) in [5.41, 5.74) is 7.13. The molecule has 0 bridgehead atoms. The molecule has 2 N–H and O–H groups in total. The molecule has 2 aromatic heterocycles. The van der Waals surface area contributed by atoms with Gasteiger partial charge in [0.25, 0.3) is 0 Å². The molecule has 1 aliphatic rings. The van der Waals surface area contributed by atoms with Crippen molar-refractivity contribution in [2.45, 2.75) is 11.0 Å². The topological polar surface area (TPSA) is 50.3 Å². The number of hydrogen-bond acceptors (Lipinski definition) is 4. The van der Waals surface area contributed by atoms with E-state index in [9.17, 15) is 0 Å². The molecule has 4 nitrogen and oxygen atoms in total. The molecule has 0 unspecified atom stereocenters. The van der Waals surface area contributed by atoms with E-state index < -0.39 is 0 Å². The van der Waals surface area contributed by atoms with Crippen molar-refractivity contribution in [1.29, 1.82) is 0 Å². The van der Waals surface area contributed by atoms with Crippen LogP contribution in [0.2, 0.25) is 0 Å². The van der Waals surface area contributed by atoms with Crippen molar-refractivity contribution in [2.24, 2.45) is 0 Å². The van der Waals surface area contributed by atoms with E-state index in [1.807, 2.05) is 0 Å². The summed E-state index contributed by atoms with van der Waals surface area (Å²) >= 11 is 0.268. The summed E-state index contributed by atoms with van der Waals surface area (Å²) in [7, 11) is 0. The monoisotopic (exact) mass is 873 g/mol. The van der Waals surface area contributed by atoms with E-state index in [1.54, 1.807) is 0 Å². The van der Waals surface area contributed by atoms with Gasteiger partial charge in [-0.2, -0.15) is 0 Å². The van der Waals surface area contributed by atoms with E-state index in [-0.39, 0.29) is 63.9 Å². The molecule has 1 saturated heterocycles. The fraction of sp³-hybridized carbons (Fsp3) is 0.118. The van der Waals surface area contributed by atoms with Crippen LogP contribution in [0.15, 0.2) is 93.8 Å². The first kappa shape index (κ1) is 25.3. The van der Waals surface area contributed by atoms with Gasteiger partial charge in [0.2, 0.25) is 0 Å². The second-order valence-electron chi connectivity index (χ2n) is 10.4. The van der Waals surface area contributed by atoms with Crippen LogP contribution in [0.5, 0.6) is 0 Å². The van der Waals surface area contributed by atoms with E-state index in [2.05, 4.69) is 101 Å². The van der Waals surface area contributed by atoms with E-state index >= 15 is 0 Å². The van der Waals surface area contributed by atoms with Crippen LogP contribution in [-0.4, -0.2) is 12.9 Å². The Morgan fingerprint density at radius 1 is 0.585 bits per heavy atom. The zero-order valence-corrected chi connectivity index (χ0v) is 28.5. The molecule has 206 valence electrons. The summed E-state index contributed by atoms with van der Waals surface area (Å²) in [5, 5.41) is 12.1. The fourth-order valence-corrected chi connectivity index (χ4v) is 13.0. The number of hydrazine groups is 1. The average Bonchev–Trinajstić information content (AvgIpc) is 3.47. The van der Waals surface area contributed by atoms with Gasteiger partial charge in [0.05, 0.1) is 0 Å². The number of alkyl halides is 3. The quantitative estimate of drug-likeness (QED) is 0.100. The maximum atomic E-state index is 6.48. The van der Waals surface area contributed by atoms with Crippen LogP contribution >= 0.6 is 0 Å². The van der Waals surface area contributed by atoms with Crippen LogP contribution in [0.3, 0.4) is 0 Å². The molecule has 0 aliphatic carbocycles. The number of rotatable bonds is 5. The molecule has 41 heavy (non-hydrogen) atoms. The number of fused-ring (bicyclic) bond motifs is 9. The third kappa shape index (κ3) is 4.33. The Balaban J connectivity index is 1.17. The van der Waals surface area contributed by atoms with Crippen molar-refractivity contribution in [3.05, 3.63) is 92.1 Å². The minimum absolute atomic E-state index is 0.0191. The summed E-state index contributed by atoms with van der Waals surface area (Å²) in [6.07, 6.45) is 0. The normalized spacial score (nSPS) is 16.2. The minimum atomic E-state index is 0.0191. The van der Waals surface area contributed by atoms with Gasteiger partial charge in [-0.25, -0.2) is 0 Å². The van der Waals surface area contributed by atoms with E-state index in [1.165, 1.54) is 59.1 Å². The van der Waals surface area contributed by atoms with Crippen molar-refractivity contribution in [2.75, 3.05) is 8.86 Å². The molecule has 0 amide bonds. The maximum absolute atomic E-state index is 6.48. The van der Waals surface area contributed by atoms with Crippen LogP contribution in [-0.2, 0) is 0 Å². The second-order valence-corrected chi connectivity index (χ2v) is 19.5. The van der Waals surface area contributed by atoms with Crippen LogP contribution in [0.25, 0.3) is 76.2 Å². The van der Waals surface area contributed by atoms with Gasteiger partial charge < -0.3 is 0 Å². The zero-order chi connectivity index (χ0) is 27.1. The molecular formula is C34H24I3N2O2-3. The molecule has 8 aromatic rings. The summed E-state index contributed by atoms with van der Waals surface area (Å²) < 4.78 is 22.5. The first-order valence-corrected chi connectivity index (χ1v) is 21.2. The summed E-state index contributed by atoms with van der Waals surface area (Å²) in [4.78, 5) is 0. The molecule has 0 radical (unpaired) electrons. The standard InChI is InChI=1S/C34H24I3N2O2/c1-2-35-24-5-3-18-9-26-28-11-22-16-33-29(12-23(22)15-32(28)40-30(26)13-20(18)7-24)27-10-19-4-6-25(36-17-34-37-39-38-34)8-21(19)14-31(27)41-33/h3-16,34,38-39H,2,17H2,1H3/q-3/t34-/m0/s1. The Labute approximate surface area is 267 Å². The van der Waals surface area contributed by atoms with Gasteiger partial charge in [0.1, 0.15) is 0 Å². The summed E-state index contributed by atoms with van der Waals surface area (Å²) in [6, 6.07) is 31.9. The zero-order valence-electron chi connectivity index (χ0n) is 22.0. The first-order valence-electron chi connectivity index (χ1n) is 13.6. The van der Waals surface area contributed by atoms with Gasteiger partial charge >= 0.3 is 270 Å². The number of furan rings is 2. The molecule has 3 heterocycles. The molecule has 1 atom stereocenters. The van der Waals surface area contributed by atoms with Crippen LogP contribution in [0.1, 0.15) is 6.92 Å². The third-order valence-corrected chi connectivity index (χ3v) is 16.9. The van der Waals surface area contributed by atoms with E-state index in [0.717, 1.165) is 37.2 Å². The molecule has 1 fully saturated rings. The number of halogens is 3. The van der Waals surface area contributed by atoms with Gasteiger partial charge in [-0.1, -0.05) is 0 Å². The average molecular weight is 873 g/mol. The van der Waals surface area contributed by atoms with Gasteiger partial charge in [-0.05, 0) is 0 Å². The van der Waals surface area contributed by atoms with Crippen LogP contribution in [0, 0.1) is 7.14 Å². The predicted molar refractivity (Wildman–Crippen MR) is 156 cm³/mol. The van der Waals surface area contributed by atoms with E-state index in [4.69, 9.17) is 8.83 Å². The number of hydrogen-bond donors (Lipinski definition) is 2. The molecule has 0 spiro atoms. The van der Waals surface area contributed by atoms with Crippen molar-refractivity contribution < 1.29 is 72.7 Å². The molecule has 9 rings (SSSR count). The SMILES string of the molecule is CC[I-]c1ccc2cc3c(cc2c1)oc1cc2cc4c(cc2cc13)oc1cc2cc([I-]C[C@@H]3NN[I-]3)ccc2cc14. The number of nitrogens with one attached hydrogen (secondary N) is 2. The van der Waals surface area contributed by atoms with Crippen molar-refractivity contribution in [3.8, 4) is 0 Å². The fourth-order valence-electron chi connectivity index (χ4n) is 5.90. The Bertz CT molecular complexity index is 2340. The third-order valence-electron chi connectivity index (χ3n) is 7.91.